The first-order valence-corrected chi connectivity index (χ1v) is 11.8. The van der Waals surface area contributed by atoms with Gasteiger partial charge in [-0.1, -0.05) is 141 Å². The third-order valence-corrected chi connectivity index (χ3v) is 6.32. The molecule has 4 aromatic rings. The number of ether oxygens (including phenoxy) is 1. The van der Waals surface area contributed by atoms with Crippen LogP contribution in [0, 0.1) is 27.7 Å². The minimum Gasteiger partial charge on any atom is -0.409 e. The number of aryl methyl sites for hydroxylation is 4. The van der Waals surface area contributed by atoms with Crippen LogP contribution >= 0.6 is 0 Å². The van der Waals surface area contributed by atoms with Crippen LogP contribution in [-0.4, -0.2) is 25.2 Å². The van der Waals surface area contributed by atoms with E-state index in [1.807, 2.05) is 125 Å². The molecule has 0 radical (unpaired) electrons. The number of hydrogen-bond donors (Lipinski definition) is 0. The molecule has 0 amide bonds. The van der Waals surface area contributed by atoms with Crippen molar-refractivity contribution in [1.82, 2.24) is 0 Å². The Hall–Kier alpha value is -3.85. The standard InChI is InChI=1S/C30H28B2O3/c1-21-5-13-25(14-6-21)31(26-15-7-22(2)8-16-26)29(33)35-30(34)32(27-17-9-23(3)10-18-27)28-19-11-24(4)12-20-28/h5-20H,1-4H3. The molecular weight excluding hydrogens is 430 g/mol. The SMILES string of the molecule is Cc1ccc(B(C(=O)OC(=O)B(c2ccc(C)cc2)c2ccc(C)cc2)c2ccc(C)cc2)cc1. The summed E-state index contributed by atoms with van der Waals surface area (Å²) in [4.78, 5) is 27.1. The predicted molar refractivity (Wildman–Crippen MR) is 147 cm³/mol. The van der Waals surface area contributed by atoms with E-state index in [1.165, 1.54) is 0 Å². The van der Waals surface area contributed by atoms with E-state index in [1.54, 1.807) is 0 Å². The van der Waals surface area contributed by atoms with Crippen molar-refractivity contribution in [3.8, 4) is 0 Å². The number of hydrogen-bond acceptors (Lipinski definition) is 3. The molecule has 0 aliphatic carbocycles. The summed E-state index contributed by atoms with van der Waals surface area (Å²) in [7, 11) is 0. The first-order valence-electron chi connectivity index (χ1n) is 11.8. The number of carbonyl (C=O) groups excluding carboxylic acids is 2. The maximum atomic E-state index is 13.6. The molecule has 0 aliphatic heterocycles. The Morgan fingerprint density at radius 1 is 0.429 bits per heavy atom. The smallest absolute Gasteiger partial charge is 0.343 e. The van der Waals surface area contributed by atoms with Gasteiger partial charge in [-0.3, -0.25) is 9.59 Å². The predicted octanol–water partition coefficient (Wildman–Crippen LogP) is 4.26. The number of rotatable bonds is 6. The summed E-state index contributed by atoms with van der Waals surface area (Å²) in [5.41, 5.74) is 7.55. The molecule has 0 spiro atoms. The summed E-state index contributed by atoms with van der Waals surface area (Å²) in [6, 6.07) is 31.1. The molecule has 0 aliphatic rings. The average Bonchev–Trinajstić information content (AvgIpc) is 2.84. The molecule has 0 fully saturated rings. The first-order chi connectivity index (χ1) is 16.8. The van der Waals surface area contributed by atoms with Gasteiger partial charge in [-0.25, -0.2) is 0 Å². The fraction of sp³-hybridized carbons (Fsp3) is 0.133. The summed E-state index contributed by atoms with van der Waals surface area (Å²) in [6.07, 6.45) is 0. The van der Waals surface area contributed by atoms with Crippen molar-refractivity contribution in [3.05, 3.63) is 119 Å². The highest BCUT2D eigenvalue weighted by atomic mass is 16.6. The van der Waals surface area contributed by atoms with E-state index in [0.29, 0.717) is 0 Å². The van der Waals surface area contributed by atoms with Gasteiger partial charge in [-0.05, 0) is 27.7 Å². The second-order valence-electron chi connectivity index (χ2n) is 9.25. The fourth-order valence-corrected chi connectivity index (χ4v) is 4.18. The highest BCUT2D eigenvalue weighted by molar-refractivity contribution is 7.10. The Balaban J connectivity index is 1.69. The second kappa shape index (κ2) is 10.6. The highest BCUT2D eigenvalue weighted by Gasteiger charge is 2.36. The molecule has 0 saturated carbocycles. The van der Waals surface area contributed by atoms with E-state index in [9.17, 15) is 9.59 Å². The average molecular weight is 458 g/mol. The third-order valence-electron chi connectivity index (χ3n) is 6.32. The van der Waals surface area contributed by atoms with Crippen LogP contribution in [0.25, 0.3) is 0 Å². The van der Waals surface area contributed by atoms with Gasteiger partial charge in [0.25, 0.3) is 11.7 Å². The molecule has 0 aromatic heterocycles. The third kappa shape index (κ3) is 5.81. The summed E-state index contributed by atoms with van der Waals surface area (Å²) < 4.78 is 5.64. The minimum atomic E-state index is -0.697. The van der Waals surface area contributed by atoms with Gasteiger partial charge < -0.3 is 4.74 Å². The zero-order valence-corrected chi connectivity index (χ0v) is 20.6. The van der Waals surface area contributed by atoms with Crippen molar-refractivity contribution >= 4 is 47.0 Å². The topological polar surface area (TPSA) is 43.4 Å². The summed E-state index contributed by atoms with van der Waals surface area (Å²) in [5.74, 6) is -1.15. The molecule has 35 heavy (non-hydrogen) atoms. The molecule has 172 valence electrons. The Bertz CT molecular complexity index is 1110. The lowest BCUT2D eigenvalue weighted by Crippen LogP contribution is -2.54. The maximum Gasteiger partial charge on any atom is 0.343 e. The van der Waals surface area contributed by atoms with Crippen LogP contribution < -0.4 is 21.9 Å². The van der Waals surface area contributed by atoms with Gasteiger partial charge in [0.2, 0.25) is 0 Å². The van der Waals surface area contributed by atoms with Crippen molar-refractivity contribution in [2.45, 2.75) is 27.7 Å². The number of carbonyl (C=O) groups is 2. The second-order valence-corrected chi connectivity index (χ2v) is 9.25. The molecule has 3 nitrogen and oxygen atoms in total. The largest absolute Gasteiger partial charge is 0.409 e. The Labute approximate surface area is 208 Å². The van der Waals surface area contributed by atoms with Gasteiger partial charge in [0.15, 0.2) is 0 Å². The van der Waals surface area contributed by atoms with Gasteiger partial charge in [0.1, 0.15) is 0 Å². The molecular formula is C30H28B2O3. The zero-order valence-electron chi connectivity index (χ0n) is 20.6. The van der Waals surface area contributed by atoms with E-state index >= 15 is 0 Å². The van der Waals surface area contributed by atoms with Crippen LogP contribution in [0.1, 0.15) is 22.3 Å². The van der Waals surface area contributed by atoms with Crippen LogP contribution in [0.4, 0.5) is 9.59 Å². The molecule has 4 rings (SSSR count). The van der Waals surface area contributed by atoms with E-state index in [2.05, 4.69) is 0 Å². The highest BCUT2D eigenvalue weighted by Crippen LogP contribution is 2.06. The van der Waals surface area contributed by atoms with E-state index < -0.39 is 25.2 Å². The van der Waals surface area contributed by atoms with Crippen LogP contribution in [0.5, 0.6) is 0 Å². The fourth-order valence-electron chi connectivity index (χ4n) is 4.18. The summed E-state index contributed by atoms with van der Waals surface area (Å²) in [5, 5.41) is 0. The van der Waals surface area contributed by atoms with Gasteiger partial charge >= 0.3 is 13.4 Å². The quantitative estimate of drug-likeness (QED) is 0.321. The molecule has 0 saturated heterocycles. The zero-order chi connectivity index (χ0) is 24.9. The lowest BCUT2D eigenvalue weighted by molar-refractivity contribution is 0.183. The van der Waals surface area contributed by atoms with E-state index in [-0.39, 0.29) is 0 Å². The van der Waals surface area contributed by atoms with Crippen LogP contribution in [-0.2, 0) is 4.74 Å². The molecule has 0 unspecified atom stereocenters. The molecule has 5 heteroatoms. The van der Waals surface area contributed by atoms with Crippen molar-refractivity contribution < 1.29 is 14.3 Å². The van der Waals surface area contributed by atoms with Crippen LogP contribution in [0.2, 0.25) is 0 Å². The Morgan fingerprint density at radius 2 is 0.629 bits per heavy atom. The molecule has 0 bridgehead atoms. The van der Waals surface area contributed by atoms with Crippen LogP contribution in [0.3, 0.4) is 0 Å². The first kappa shape index (κ1) is 24.3. The molecule has 4 aromatic carbocycles. The number of benzene rings is 4. The van der Waals surface area contributed by atoms with Crippen molar-refractivity contribution in [2.24, 2.45) is 0 Å². The van der Waals surface area contributed by atoms with Crippen molar-refractivity contribution in [1.29, 1.82) is 0 Å². The Kier molecular flexibility index (Phi) is 7.36. The van der Waals surface area contributed by atoms with Crippen molar-refractivity contribution in [3.63, 3.8) is 0 Å². The van der Waals surface area contributed by atoms with Gasteiger partial charge in [-0.2, -0.15) is 0 Å². The lowest BCUT2D eigenvalue weighted by atomic mass is 9.39. The van der Waals surface area contributed by atoms with E-state index in [0.717, 1.165) is 44.1 Å². The van der Waals surface area contributed by atoms with Crippen molar-refractivity contribution in [2.75, 3.05) is 0 Å². The molecule has 0 atom stereocenters. The lowest BCUT2D eigenvalue weighted by Gasteiger charge is -2.17. The van der Waals surface area contributed by atoms with Crippen LogP contribution in [0.15, 0.2) is 97.1 Å². The van der Waals surface area contributed by atoms with Gasteiger partial charge in [-0.15, -0.1) is 0 Å². The molecule has 0 N–H and O–H groups in total. The monoisotopic (exact) mass is 458 g/mol. The molecule has 0 heterocycles. The maximum absolute atomic E-state index is 13.6. The minimum absolute atomic E-state index is 0.577. The van der Waals surface area contributed by atoms with Gasteiger partial charge in [0.05, 0.1) is 0 Å². The Morgan fingerprint density at radius 3 is 0.829 bits per heavy atom. The van der Waals surface area contributed by atoms with Gasteiger partial charge in [0, 0.05) is 0 Å². The van der Waals surface area contributed by atoms with E-state index in [4.69, 9.17) is 4.74 Å². The summed E-state index contributed by atoms with van der Waals surface area (Å²) in [6.45, 7) is 6.61. The normalized spacial score (nSPS) is 10.5. The summed E-state index contributed by atoms with van der Waals surface area (Å²) >= 11 is 0.